The summed E-state index contributed by atoms with van der Waals surface area (Å²) in [6.45, 7) is 0. The van der Waals surface area contributed by atoms with Gasteiger partial charge in [-0.05, 0) is 12.1 Å². The molecule has 1 aromatic rings. The van der Waals surface area contributed by atoms with Crippen LogP contribution in [0.25, 0.3) is 0 Å². The molecule has 1 rings (SSSR count). The molecule has 0 aliphatic carbocycles. The number of aliphatic hydroxyl groups is 1. The van der Waals surface area contributed by atoms with Gasteiger partial charge in [0.15, 0.2) is 5.78 Å². The minimum Gasteiger partial charge on any atom is -0.515 e. The zero-order valence-corrected chi connectivity index (χ0v) is 11.3. The van der Waals surface area contributed by atoms with Gasteiger partial charge in [0.05, 0.1) is 16.3 Å². The maximum Gasteiger partial charge on any atom is 0.190 e. The number of ketones is 1. The van der Waals surface area contributed by atoms with E-state index in [0.29, 0.717) is 6.26 Å². The summed E-state index contributed by atoms with van der Waals surface area (Å²) in [6.07, 6.45) is 1.43. The van der Waals surface area contributed by atoms with E-state index in [4.69, 9.17) is 28.3 Å². The molecule has 0 amide bonds. The van der Waals surface area contributed by atoms with Gasteiger partial charge in [-0.3, -0.25) is 4.79 Å². The monoisotopic (exact) mass is 257 g/mol. The average molecular weight is 258 g/mol. The van der Waals surface area contributed by atoms with Crippen LogP contribution < -0.4 is 0 Å². The van der Waals surface area contributed by atoms with E-state index in [1.54, 1.807) is 0 Å². The summed E-state index contributed by atoms with van der Waals surface area (Å²) in [6, 6.07) is 2.06. The van der Waals surface area contributed by atoms with E-state index in [1.165, 1.54) is 0 Å². The maximum absolute atomic E-state index is 12.9. The number of allylic oxidation sites excluding steroid dienone is 1. The number of carbonyl (C=O) groups excluding carboxylic acids is 1. The normalized spacial score (nSPS) is 10.1. The van der Waals surface area contributed by atoms with Crippen molar-refractivity contribution in [1.29, 1.82) is 0 Å². The molecule has 1 radical (unpaired) electrons. The van der Waals surface area contributed by atoms with Gasteiger partial charge in [0, 0.05) is 41.2 Å². The number of carbonyl (C=O) groups is 1. The minimum absolute atomic E-state index is 0. The molecule has 75 valence electrons. The van der Waals surface area contributed by atoms with Crippen molar-refractivity contribution in [2.24, 2.45) is 0 Å². The molecule has 0 heterocycles. The van der Waals surface area contributed by atoms with Gasteiger partial charge in [0.25, 0.3) is 0 Å². The maximum atomic E-state index is 12.9. The molecule has 0 bridgehead atoms. The predicted molar refractivity (Wildman–Crippen MR) is 58.3 cm³/mol. The second-order valence-corrected chi connectivity index (χ2v) is 3.24. The van der Waals surface area contributed by atoms with Crippen molar-refractivity contribution < 1.29 is 14.3 Å². The first-order valence-corrected chi connectivity index (χ1v) is 4.31. The van der Waals surface area contributed by atoms with Crippen molar-refractivity contribution in [3.05, 3.63) is 45.9 Å². The number of aliphatic hydroxyl groups excluding tert-OH is 1. The zero-order chi connectivity index (χ0) is 10.7. The summed E-state index contributed by atoms with van der Waals surface area (Å²) in [5, 5.41) is 8.24. The van der Waals surface area contributed by atoms with Crippen LogP contribution in [0.1, 0.15) is 10.4 Å². The fraction of sp³-hybridized carbons (Fsp3) is 0. The van der Waals surface area contributed by atoms with Gasteiger partial charge in [-0.1, -0.05) is 23.2 Å². The summed E-state index contributed by atoms with van der Waals surface area (Å²) >= 11 is 11.1. The first kappa shape index (κ1) is 14.9. The fourth-order valence-corrected chi connectivity index (χ4v) is 1.35. The van der Waals surface area contributed by atoms with E-state index in [0.717, 1.165) is 18.2 Å². The number of halogens is 3. The second-order valence-electron chi connectivity index (χ2n) is 2.43. The Kier molecular flexibility index (Phi) is 6.48. The largest absolute Gasteiger partial charge is 0.515 e. The van der Waals surface area contributed by atoms with Gasteiger partial charge in [0.1, 0.15) is 5.82 Å². The minimum atomic E-state index is -0.731. The Balaban J connectivity index is 0.00000196. The number of hydrogen-bond donors (Lipinski definition) is 1. The number of benzene rings is 1. The van der Waals surface area contributed by atoms with Crippen molar-refractivity contribution in [2.45, 2.75) is 0 Å². The summed E-state index contributed by atoms with van der Waals surface area (Å²) < 4.78 is 12.9. The van der Waals surface area contributed by atoms with Gasteiger partial charge >= 0.3 is 0 Å². The summed E-state index contributed by atoms with van der Waals surface area (Å²) in [5.74, 6) is -1.32. The quantitative estimate of drug-likeness (QED) is 0.291. The molecule has 6 heteroatoms. The van der Waals surface area contributed by atoms with E-state index in [9.17, 15) is 9.18 Å². The molecule has 0 aliphatic heterocycles. The first-order valence-electron chi connectivity index (χ1n) is 3.56. The van der Waals surface area contributed by atoms with Crippen LogP contribution in [0.3, 0.4) is 0 Å². The predicted octanol–water partition coefficient (Wildman–Crippen LogP) is 3.01. The standard InChI is InChI=1S/C9H5Cl2FO2.Na/c10-6-4-7(11)8(12)3-5(6)9(14)1-2-13;/h1-4,13H;. The van der Waals surface area contributed by atoms with E-state index in [-0.39, 0.29) is 45.2 Å². The van der Waals surface area contributed by atoms with Crippen molar-refractivity contribution in [3.8, 4) is 0 Å². The molecule has 0 saturated heterocycles. The van der Waals surface area contributed by atoms with Crippen LogP contribution in [0.2, 0.25) is 10.0 Å². The average Bonchev–Trinajstić information content (AvgIpc) is 2.11. The van der Waals surface area contributed by atoms with Gasteiger partial charge in [-0.2, -0.15) is 0 Å². The smallest absolute Gasteiger partial charge is 0.190 e. The van der Waals surface area contributed by atoms with Crippen LogP contribution in [-0.2, 0) is 0 Å². The molecule has 0 aliphatic rings. The third kappa shape index (κ3) is 3.78. The number of hydrogen-bond acceptors (Lipinski definition) is 2. The molecule has 15 heavy (non-hydrogen) atoms. The molecule has 0 atom stereocenters. The van der Waals surface area contributed by atoms with Crippen molar-refractivity contribution in [2.75, 3.05) is 0 Å². The van der Waals surface area contributed by atoms with Crippen LogP contribution in [0.15, 0.2) is 24.5 Å². The first-order chi connectivity index (χ1) is 6.56. The van der Waals surface area contributed by atoms with Gasteiger partial charge in [0.2, 0.25) is 0 Å². The van der Waals surface area contributed by atoms with Crippen molar-refractivity contribution in [3.63, 3.8) is 0 Å². The molecule has 1 N–H and O–H groups in total. The Morgan fingerprint density at radius 2 is 1.93 bits per heavy atom. The van der Waals surface area contributed by atoms with E-state index < -0.39 is 11.6 Å². The van der Waals surface area contributed by atoms with Gasteiger partial charge in [-0.25, -0.2) is 4.39 Å². The zero-order valence-electron chi connectivity index (χ0n) is 7.80. The van der Waals surface area contributed by atoms with E-state index in [1.807, 2.05) is 0 Å². The Morgan fingerprint density at radius 3 is 2.47 bits per heavy atom. The van der Waals surface area contributed by atoms with Crippen LogP contribution in [0.5, 0.6) is 0 Å². The fourth-order valence-electron chi connectivity index (χ4n) is 0.869. The Hall–Kier alpha value is -0.0600. The van der Waals surface area contributed by atoms with Crippen LogP contribution >= 0.6 is 23.2 Å². The molecule has 0 saturated carbocycles. The Bertz CT molecular complexity index is 407. The van der Waals surface area contributed by atoms with Crippen LogP contribution in [-0.4, -0.2) is 40.4 Å². The Labute approximate surface area is 118 Å². The third-order valence-electron chi connectivity index (χ3n) is 1.50. The second kappa shape index (κ2) is 6.51. The summed E-state index contributed by atoms with van der Waals surface area (Å²) in [5.41, 5.74) is -0.0427. The molecular weight excluding hydrogens is 253 g/mol. The molecular formula is C9H5Cl2FNaO2. The van der Waals surface area contributed by atoms with Crippen LogP contribution in [0, 0.1) is 5.82 Å². The Morgan fingerprint density at radius 1 is 1.33 bits per heavy atom. The van der Waals surface area contributed by atoms with Crippen molar-refractivity contribution >= 4 is 58.5 Å². The van der Waals surface area contributed by atoms with Gasteiger partial charge in [-0.15, -0.1) is 0 Å². The van der Waals surface area contributed by atoms with Crippen LogP contribution in [0.4, 0.5) is 4.39 Å². The summed E-state index contributed by atoms with van der Waals surface area (Å²) in [4.78, 5) is 11.2. The molecule has 0 aromatic heterocycles. The molecule has 0 unspecified atom stereocenters. The SMILES string of the molecule is O=C(C=CO)c1cc(F)c(Cl)cc1Cl.[Na]. The summed E-state index contributed by atoms with van der Waals surface area (Å²) in [7, 11) is 0. The molecule has 1 aromatic carbocycles. The van der Waals surface area contributed by atoms with E-state index in [2.05, 4.69) is 0 Å². The van der Waals surface area contributed by atoms with Gasteiger partial charge < -0.3 is 5.11 Å². The molecule has 0 fully saturated rings. The topological polar surface area (TPSA) is 37.3 Å². The third-order valence-corrected chi connectivity index (χ3v) is 2.10. The molecule has 2 nitrogen and oxygen atoms in total. The van der Waals surface area contributed by atoms with E-state index >= 15 is 0 Å². The molecule has 0 spiro atoms. The number of rotatable bonds is 2. The van der Waals surface area contributed by atoms with Crippen molar-refractivity contribution in [1.82, 2.24) is 0 Å².